The summed E-state index contributed by atoms with van der Waals surface area (Å²) in [6.07, 6.45) is 6.71. The highest BCUT2D eigenvalue weighted by molar-refractivity contribution is 4.99. The zero-order valence-corrected chi connectivity index (χ0v) is 10.5. The first kappa shape index (κ1) is 11.8. The van der Waals surface area contributed by atoms with E-state index in [1.807, 2.05) is 0 Å². The van der Waals surface area contributed by atoms with Crippen LogP contribution in [0.2, 0.25) is 0 Å². The fourth-order valence-electron chi connectivity index (χ4n) is 2.73. The van der Waals surface area contributed by atoms with Gasteiger partial charge in [-0.2, -0.15) is 0 Å². The number of rotatable bonds is 1. The molecule has 0 nitrogen and oxygen atoms in total. The van der Waals surface area contributed by atoms with Crippen LogP contribution in [0.15, 0.2) is 11.6 Å². The molecule has 1 aliphatic rings. The average Bonchev–Trinajstić information content (AvgIpc) is 2.19. The molecular formula is C14H26. The Morgan fingerprint density at radius 1 is 1.00 bits per heavy atom. The fraction of sp³-hybridized carbons (Fsp3) is 0.857. The van der Waals surface area contributed by atoms with Gasteiger partial charge in [0.1, 0.15) is 0 Å². The first-order valence-corrected chi connectivity index (χ1v) is 6.15. The van der Waals surface area contributed by atoms with Gasteiger partial charge in [0.15, 0.2) is 0 Å². The SMILES string of the molecule is CC(C)=CC1CCC(C)C(C)C(C)C1. The summed E-state index contributed by atoms with van der Waals surface area (Å²) in [5, 5.41) is 0. The molecule has 0 aromatic rings. The van der Waals surface area contributed by atoms with Crippen LogP contribution in [0.4, 0.5) is 0 Å². The Morgan fingerprint density at radius 2 is 1.64 bits per heavy atom. The molecule has 14 heavy (non-hydrogen) atoms. The highest BCUT2D eigenvalue weighted by Crippen LogP contribution is 2.36. The molecular weight excluding hydrogens is 168 g/mol. The Hall–Kier alpha value is -0.260. The third-order valence-corrected chi connectivity index (χ3v) is 4.03. The van der Waals surface area contributed by atoms with Crippen LogP contribution < -0.4 is 0 Å². The molecule has 0 radical (unpaired) electrons. The lowest BCUT2D eigenvalue weighted by Gasteiger charge is -2.22. The van der Waals surface area contributed by atoms with E-state index in [-0.39, 0.29) is 0 Å². The largest absolute Gasteiger partial charge is 0.0828 e. The molecule has 0 aromatic heterocycles. The Labute approximate surface area is 89.8 Å². The maximum Gasteiger partial charge on any atom is -0.0228 e. The molecule has 4 atom stereocenters. The molecule has 1 aliphatic carbocycles. The number of hydrogen-bond acceptors (Lipinski definition) is 0. The Kier molecular flexibility index (Phi) is 4.22. The smallest absolute Gasteiger partial charge is 0.0228 e. The van der Waals surface area contributed by atoms with E-state index in [2.05, 4.69) is 40.7 Å². The molecule has 82 valence electrons. The van der Waals surface area contributed by atoms with Gasteiger partial charge in [0, 0.05) is 0 Å². The van der Waals surface area contributed by atoms with Gasteiger partial charge in [-0.15, -0.1) is 0 Å². The molecule has 0 spiro atoms. The maximum absolute atomic E-state index is 2.49. The molecule has 1 fully saturated rings. The van der Waals surface area contributed by atoms with Crippen molar-refractivity contribution in [2.45, 2.75) is 53.9 Å². The van der Waals surface area contributed by atoms with E-state index in [1.54, 1.807) is 0 Å². The van der Waals surface area contributed by atoms with E-state index in [0.29, 0.717) is 0 Å². The van der Waals surface area contributed by atoms with E-state index in [0.717, 1.165) is 23.7 Å². The van der Waals surface area contributed by atoms with Crippen molar-refractivity contribution in [3.05, 3.63) is 11.6 Å². The minimum atomic E-state index is 0.849. The van der Waals surface area contributed by atoms with Crippen molar-refractivity contribution >= 4 is 0 Å². The zero-order chi connectivity index (χ0) is 10.7. The van der Waals surface area contributed by atoms with Gasteiger partial charge in [-0.3, -0.25) is 0 Å². The molecule has 0 saturated heterocycles. The quantitative estimate of drug-likeness (QED) is 0.420. The summed E-state index contributed by atoms with van der Waals surface area (Å²) in [4.78, 5) is 0. The highest BCUT2D eigenvalue weighted by Gasteiger charge is 2.25. The van der Waals surface area contributed by atoms with Crippen LogP contribution in [-0.4, -0.2) is 0 Å². The fourth-order valence-corrected chi connectivity index (χ4v) is 2.73. The monoisotopic (exact) mass is 194 g/mol. The molecule has 0 N–H and O–H groups in total. The van der Waals surface area contributed by atoms with Gasteiger partial charge in [-0.25, -0.2) is 0 Å². The zero-order valence-electron chi connectivity index (χ0n) is 10.5. The van der Waals surface area contributed by atoms with Gasteiger partial charge in [0.05, 0.1) is 0 Å². The molecule has 1 saturated carbocycles. The summed E-state index contributed by atoms with van der Waals surface area (Å²) >= 11 is 0. The van der Waals surface area contributed by atoms with Crippen molar-refractivity contribution in [3.8, 4) is 0 Å². The van der Waals surface area contributed by atoms with Crippen molar-refractivity contribution in [2.75, 3.05) is 0 Å². The van der Waals surface area contributed by atoms with Gasteiger partial charge in [-0.1, -0.05) is 32.4 Å². The van der Waals surface area contributed by atoms with Gasteiger partial charge >= 0.3 is 0 Å². The maximum atomic E-state index is 2.49. The molecule has 0 heteroatoms. The lowest BCUT2D eigenvalue weighted by atomic mass is 9.83. The second-order valence-corrected chi connectivity index (χ2v) is 5.63. The van der Waals surface area contributed by atoms with Crippen molar-refractivity contribution in [3.63, 3.8) is 0 Å². The first-order valence-electron chi connectivity index (χ1n) is 6.15. The summed E-state index contributed by atoms with van der Waals surface area (Å²) in [5.41, 5.74) is 1.49. The van der Waals surface area contributed by atoms with E-state index in [1.165, 1.54) is 24.8 Å². The normalized spacial score (nSPS) is 38.9. The lowest BCUT2D eigenvalue weighted by Crippen LogP contribution is -2.14. The van der Waals surface area contributed by atoms with Gasteiger partial charge in [0.2, 0.25) is 0 Å². The number of allylic oxidation sites excluding steroid dienone is 2. The predicted molar refractivity (Wildman–Crippen MR) is 64.3 cm³/mol. The van der Waals surface area contributed by atoms with Crippen LogP contribution in [0.5, 0.6) is 0 Å². The topological polar surface area (TPSA) is 0 Å². The molecule has 4 unspecified atom stereocenters. The second kappa shape index (κ2) is 5.00. The van der Waals surface area contributed by atoms with Crippen LogP contribution in [0.1, 0.15) is 53.9 Å². The summed E-state index contributed by atoms with van der Waals surface area (Å²) in [7, 11) is 0. The van der Waals surface area contributed by atoms with Crippen molar-refractivity contribution < 1.29 is 0 Å². The Morgan fingerprint density at radius 3 is 2.21 bits per heavy atom. The lowest BCUT2D eigenvalue weighted by molar-refractivity contribution is 0.280. The van der Waals surface area contributed by atoms with Gasteiger partial charge in [0.25, 0.3) is 0 Å². The summed E-state index contributed by atoms with van der Waals surface area (Å²) in [6, 6.07) is 0. The molecule has 0 aliphatic heterocycles. The molecule has 0 amide bonds. The summed E-state index contributed by atoms with van der Waals surface area (Å²) < 4.78 is 0. The van der Waals surface area contributed by atoms with Crippen molar-refractivity contribution in [1.82, 2.24) is 0 Å². The third-order valence-electron chi connectivity index (χ3n) is 4.03. The Balaban J connectivity index is 2.63. The molecule has 0 aromatic carbocycles. The van der Waals surface area contributed by atoms with Crippen LogP contribution in [0.25, 0.3) is 0 Å². The van der Waals surface area contributed by atoms with Gasteiger partial charge in [-0.05, 0) is 56.8 Å². The molecule has 1 rings (SSSR count). The predicted octanol–water partition coefficient (Wildman–Crippen LogP) is 4.66. The van der Waals surface area contributed by atoms with E-state index in [4.69, 9.17) is 0 Å². The van der Waals surface area contributed by atoms with E-state index in [9.17, 15) is 0 Å². The summed E-state index contributed by atoms with van der Waals surface area (Å²) in [5.74, 6) is 3.57. The molecule has 0 bridgehead atoms. The van der Waals surface area contributed by atoms with E-state index >= 15 is 0 Å². The van der Waals surface area contributed by atoms with Crippen LogP contribution in [-0.2, 0) is 0 Å². The van der Waals surface area contributed by atoms with Crippen LogP contribution in [0, 0.1) is 23.7 Å². The second-order valence-electron chi connectivity index (χ2n) is 5.63. The molecule has 0 heterocycles. The Bertz CT molecular complexity index is 198. The number of hydrogen-bond donors (Lipinski definition) is 0. The summed E-state index contributed by atoms with van der Waals surface area (Å²) in [6.45, 7) is 11.7. The standard InChI is InChI=1S/C14H26/c1-10(2)8-14-7-6-11(3)13(5)12(4)9-14/h8,11-14H,6-7,9H2,1-5H3. The van der Waals surface area contributed by atoms with Crippen molar-refractivity contribution in [2.24, 2.45) is 23.7 Å². The third kappa shape index (κ3) is 3.15. The highest BCUT2D eigenvalue weighted by atomic mass is 14.3. The average molecular weight is 194 g/mol. The minimum absolute atomic E-state index is 0.849. The van der Waals surface area contributed by atoms with Gasteiger partial charge < -0.3 is 0 Å². The van der Waals surface area contributed by atoms with Crippen molar-refractivity contribution in [1.29, 1.82) is 0 Å². The van der Waals surface area contributed by atoms with Crippen LogP contribution in [0.3, 0.4) is 0 Å². The minimum Gasteiger partial charge on any atom is -0.0828 e. The van der Waals surface area contributed by atoms with Crippen LogP contribution >= 0.6 is 0 Å². The van der Waals surface area contributed by atoms with E-state index < -0.39 is 0 Å². The first-order chi connectivity index (χ1) is 6.50.